The van der Waals surface area contributed by atoms with Crippen LogP contribution in [0.4, 0.5) is 23.7 Å². The van der Waals surface area contributed by atoms with Crippen LogP contribution in [0.2, 0.25) is 0 Å². The van der Waals surface area contributed by atoms with Crippen LogP contribution < -0.4 is 9.50 Å². The van der Waals surface area contributed by atoms with Gasteiger partial charge >= 0.3 is 22.3 Å². The number of urea groups is 1. The van der Waals surface area contributed by atoms with Gasteiger partial charge in [-0.2, -0.15) is 21.6 Å². The maximum absolute atomic E-state index is 13.0. The molecular formula is C25H25F3N2O5S. The molecule has 0 aliphatic carbocycles. The summed E-state index contributed by atoms with van der Waals surface area (Å²) >= 11 is 0. The highest BCUT2D eigenvalue weighted by molar-refractivity contribution is 7.87. The number of hydrogen-bond donors (Lipinski definition) is 1. The second-order valence-electron chi connectivity index (χ2n) is 7.92. The molecule has 2 amide bonds. The van der Waals surface area contributed by atoms with Crippen LogP contribution in [0.1, 0.15) is 16.7 Å². The number of aryl methyl sites for hydroxylation is 1. The van der Waals surface area contributed by atoms with Crippen LogP contribution in [-0.4, -0.2) is 39.6 Å². The van der Waals surface area contributed by atoms with Gasteiger partial charge in [0.2, 0.25) is 0 Å². The van der Waals surface area contributed by atoms with Gasteiger partial charge in [-0.05, 0) is 60.5 Å². The Morgan fingerprint density at radius 3 is 2.42 bits per heavy atom. The van der Waals surface area contributed by atoms with Crippen LogP contribution in [0.15, 0.2) is 77.7 Å². The number of anilines is 1. The fourth-order valence-corrected chi connectivity index (χ4v) is 4.27. The van der Waals surface area contributed by atoms with Crippen LogP contribution in [0, 0.1) is 6.92 Å². The maximum atomic E-state index is 13.0. The summed E-state index contributed by atoms with van der Waals surface area (Å²) < 4.78 is 74.4. The summed E-state index contributed by atoms with van der Waals surface area (Å²) in [4.78, 5) is 13.7. The predicted molar refractivity (Wildman–Crippen MR) is 128 cm³/mol. The van der Waals surface area contributed by atoms with Gasteiger partial charge < -0.3 is 19.1 Å². The third-order valence-electron chi connectivity index (χ3n) is 5.05. The third kappa shape index (κ3) is 7.46. The molecule has 3 rings (SSSR count). The summed E-state index contributed by atoms with van der Waals surface area (Å²) in [6.07, 6.45) is -4.70. The molecule has 0 unspecified atom stereocenters. The van der Waals surface area contributed by atoms with E-state index in [2.05, 4.69) is 5.32 Å². The molecule has 1 N–H and O–H groups in total. The monoisotopic (exact) mass is 522 g/mol. The van der Waals surface area contributed by atoms with Crippen molar-refractivity contribution in [1.82, 2.24) is 4.90 Å². The van der Waals surface area contributed by atoms with Crippen LogP contribution >= 0.6 is 0 Å². The van der Waals surface area contributed by atoms with E-state index in [0.717, 1.165) is 23.8 Å². The van der Waals surface area contributed by atoms with Crippen molar-refractivity contribution >= 4 is 21.8 Å². The highest BCUT2D eigenvalue weighted by Crippen LogP contribution is 2.31. The topological polar surface area (TPSA) is 84.9 Å². The van der Waals surface area contributed by atoms with Crippen molar-refractivity contribution in [1.29, 1.82) is 0 Å². The van der Waals surface area contributed by atoms with Gasteiger partial charge in [-0.15, -0.1) is 0 Å². The van der Waals surface area contributed by atoms with Crippen LogP contribution in [-0.2, 0) is 27.6 Å². The molecule has 0 saturated carbocycles. The predicted octanol–water partition coefficient (Wildman–Crippen LogP) is 5.46. The SMILES string of the molecule is COCCN(Cc1cccc(OS(=O)(=O)c2cccc(C(F)(F)F)c2)c1)C(=O)Nc1cccc(C)c1. The van der Waals surface area contributed by atoms with Gasteiger partial charge in [0.25, 0.3) is 0 Å². The molecule has 192 valence electrons. The molecule has 0 radical (unpaired) electrons. The number of carbonyl (C=O) groups excluding carboxylic acids is 1. The molecule has 0 fully saturated rings. The summed E-state index contributed by atoms with van der Waals surface area (Å²) in [6.45, 7) is 2.52. The molecule has 0 spiro atoms. The Labute approximate surface area is 207 Å². The van der Waals surface area contributed by atoms with E-state index in [1.165, 1.54) is 30.2 Å². The molecule has 0 heterocycles. The largest absolute Gasteiger partial charge is 0.416 e. The standard InChI is InChI=1S/C25H25F3N2O5S/c1-18-6-3-9-21(14-18)29-24(31)30(12-13-34-2)17-19-7-4-10-22(15-19)35-36(32,33)23-11-5-8-20(16-23)25(26,27)28/h3-11,14-16H,12-13,17H2,1-2H3,(H,29,31). The Bertz CT molecular complexity index is 1310. The van der Waals surface area contributed by atoms with Gasteiger partial charge in [-0.3, -0.25) is 0 Å². The number of nitrogens with one attached hydrogen (secondary N) is 1. The molecule has 0 aliphatic rings. The van der Waals surface area contributed by atoms with Crippen molar-refractivity contribution in [3.63, 3.8) is 0 Å². The third-order valence-corrected chi connectivity index (χ3v) is 6.29. The smallest absolute Gasteiger partial charge is 0.383 e. The van der Waals surface area contributed by atoms with E-state index in [1.807, 2.05) is 25.1 Å². The van der Waals surface area contributed by atoms with Gasteiger partial charge in [0.15, 0.2) is 0 Å². The molecule has 0 aliphatic heterocycles. The molecule has 36 heavy (non-hydrogen) atoms. The zero-order valence-electron chi connectivity index (χ0n) is 19.6. The first kappa shape index (κ1) is 27.0. The molecule has 3 aromatic carbocycles. The lowest BCUT2D eigenvalue weighted by Crippen LogP contribution is -2.36. The normalized spacial score (nSPS) is 11.7. The number of methoxy groups -OCH3 is 1. The zero-order chi connectivity index (χ0) is 26.3. The number of ether oxygens (including phenoxy) is 1. The average molecular weight is 523 g/mol. The first-order valence-electron chi connectivity index (χ1n) is 10.8. The lowest BCUT2D eigenvalue weighted by atomic mass is 10.2. The van der Waals surface area contributed by atoms with Gasteiger partial charge in [0, 0.05) is 25.9 Å². The minimum Gasteiger partial charge on any atom is -0.383 e. The minimum atomic E-state index is -4.70. The molecule has 3 aromatic rings. The second kappa shape index (κ2) is 11.4. The van der Waals surface area contributed by atoms with Crippen molar-refractivity contribution in [3.8, 4) is 5.75 Å². The Hall–Kier alpha value is -3.57. The van der Waals surface area contributed by atoms with E-state index in [9.17, 15) is 26.4 Å². The highest BCUT2D eigenvalue weighted by atomic mass is 32.2. The number of alkyl halides is 3. The van der Waals surface area contributed by atoms with E-state index in [1.54, 1.807) is 12.1 Å². The van der Waals surface area contributed by atoms with Crippen molar-refractivity contribution < 1.29 is 35.3 Å². The second-order valence-corrected chi connectivity index (χ2v) is 9.47. The lowest BCUT2D eigenvalue weighted by molar-refractivity contribution is -0.137. The number of rotatable bonds is 9. The number of benzene rings is 3. The Morgan fingerprint density at radius 2 is 1.72 bits per heavy atom. The van der Waals surface area contributed by atoms with Gasteiger partial charge in [-0.25, -0.2) is 4.79 Å². The molecule has 0 bridgehead atoms. The summed E-state index contributed by atoms with van der Waals surface area (Å²) in [5, 5.41) is 2.82. The average Bonchev–Trinajstić information content (AvgIpc) is 2.81. The van der Waals surface area contributed by atoms with E-state index >= 15 is 0 Å². The summed E-state index contributed by atoms with van der Waals surface area (Å²) in [5.41, 5.74) is 1.03. The minimum absolute atomic E-state index is 0.0990. The summed E-state index contributed by atoms with van der Waals surface area (Å²) in [6, 6.07) is 16.2. The zero-order valence-corrected chi connectivity index (χ0v) is 20.4. The Kier molecular flexibility index (Phi) is 8.59. The molecule has 0 saturated heterocycles. The summed E-state index contributed by atoms with van der Waals surface area (Å²) in [5.74, 6) is -0.101. The van der Waals surface area contributed by atoms with Crippen molar-refractivity contribution in [2.75, 3.05) is 25.6 Å². The molecule has 7 nitrogen and oxygen atoms in total. The molecule has 0 aromatic heterocycles. The number of nitrogens with zero attached hydrogens (tertiary/aromatic N) is 1. The van der Waals surface area contributed by atoms with Crippen LogP contribution in [0.3, 0.4) is 0 Å². The maximum Gasteiger partial charge on any atom is 0.416 e. The van der Waals surface area contributed by atoms with Crippen LogP contribution in [0.5, 0.6) is 5.75 Å². The number of hydrogen-bond acceptors (Lipinski definition) is 5. The number of carbonyl (C=O) groups is 1. The van der Waals surface area contributed by atoms with E-state index < -0.39 is 26.8 Å². The first-order valence-corrected chi connectivity index (χ1v) is 12.2. The number of amides is 2. The van der Waals surface area contributed by atoms with E-state index in [-0.39, 0.29) is 31.5 Å². The van der Waals surface area contributed by atoms with Gasteiger partial charge in [0.05, 0.1) is 12.2 Å². The summed E-state index contributed by atoms with van der Waals surface area (Å²) in [7, 11) is -3.03. The van der Waals surface area contributed by atoms with E-state index in [4.69, 9.17) is 8.92 Å². The van der Waals surface area contributed by atoms with E-state index in [0.29, 0.717) is 17.3 Å². The Balaban J connectivity index is 1.77. The number of halogens is 3. The van der Waals surface area contributed by atoms with Crippen molar-refractivity contribution in [2.45, 2.75) is 24.5 Å². The Morgan fingerprint density at radius 1 is 1.00 bits per heavy atom. The van der Waals surface area contributed by atoms with Gasteiger partial charge in [0.1, 0.15) is 10.6 Å². The molecular weight excluding hydrogens is 497 g/mol. The van der Waals surface area contributed by atoms with Crippen molar-refractivity contribution in [2.24, 2.45) is 0 Å². The lowest BCUT2D eigenvalue weighted by Gasteiger charge is -2.23. The quantitative estimate of drug-likeness (QED) is 0.377. The first-order chi connectivity index (χ1) is 17.0. The van der Waals surface area contributed by atoms with Gasteiger partial charge in [-0.1, -0.05) is 30.3 Å². The fourth-order valence-electron chi connectivity index (χ4n) is 3.30. The van der Waals surface area contributed by atoms with Crippen LogP contribution in [0.25, 0.3) is 0 Å². The molecule has 11 heteroatoms. The molecule has 0 atom stereocenters. The fraction of sp³-hybridized carbons (Fsp3) is 0.240. The van der Waals surface area contributed by atoms with Crippen molar-refractivity contribution in [3.05, 3.63) is 89.5 Å². The highest BCUT2D eigenvalue weighted by Gasteiger charge is 2.32.